The quantitative estimate of drug-likeness (QED) is 0.590. The third kappa shape index (κ3) is 1.73. The topological polar surface area (TPSA) is 82.0 Å². The number of nitro groups is 1. The van der Waals surface area contributed by atoms with Crippen LogP contribution >= 0.6 is 0 Å². The van der Waals surface area contributed by atoms with Crippen LogP contribution in [0, 0.1) is 15.9 Å². The second-order valence-electron chi connectivity index (χ2n) is 2.32. The molecule has 0 aliphatic rings. The first-order valence-electron chi connectivity index (χ1n) is 3.32. The van der Waals surface area contributed by atoms with E-state index < -0.39 is 34.4 Å². The van der Waals surface area contributed by atoms with E-state index in [1.54, 1.807) is 0 Å². The van der Waals surface area contributed by atoms with Crippen LogP contribution in [0.25, 0.3) is 0 Å². The summed E-state index contributed by atoms with van der Waals surface area (Å²) in [5.74, 6) is -1.98. The van der Waals surface area contributed by atoms with Gasteiger partial charge in [0.15, 0.2) is 17.3 Å². The fraction of sp³-hybridized carbons (Fsp3) is 0.167. The molecule has 0 atom stereocenters. The molecule has 0 unspecified atom stereocenters. The highest BCUT2D eigenvalue weighted by molar-refractivity contribution is 5.44. The van der Waals surface area contributed by atoms with Gasteiger partial charge in [-0.1, -0.05) is 0 Å². The van der Waals surface area contributed by atoms with Gasteiger partial charge in [0.1, 0.15) is 0 Å². The lowest BCUT2D eigenvalue weighted by Crippen LogP contribution is -2.04. The molecule has 76 valence electrons. The van der Waals surface area contributed by atoms with Crippen molar-refractivity contribution < 1.29 is 18.1 Å². The molecule has 0 saturated carbocycles. The van der Waals surface area contributed by atoms with Crippen molar-refractivity contribution in [1.29, 1.82) is 0 Å². The van der Waals surface area contributed by atoms with Crippen molar-refractivity contribution >= 4 is 11.5 Å². The fourth-order valence-corrected chi connectivity index (χ4v) is 0.815. The van der Waals surface area contributed by atoms with E-state index in [1.807, 2.05) is 0 Å². The van der Waals surface area contributed by atoms with Crippen LogP contribution in [0.2, 0.25) is 0 Å². The highest BCUT2D eigenvalue weighted by atomic mass is 19.3. The Hall–Kier alpha value is -1.86. The molecule has 0 aromatic carbocycles. The molecule has 1 heterocycles. The van der Waals surface area contributed by atoms with Crippen LogP contribution in [0.15, 0.2) is 6.07 Å². The molecule has 1 aromatic heterocycles. The van der Waals surface area contributed by atoms with E-state index in [9.17, 15) is 23.3 Å². The monoisotopic (exact) mass is 207 g/mol. The van der Waals surface area contributed by atoms with Crippen LogP contribution in [-0.4, -0.2) is 9.91 Å². The third-order valence-corrected chi connectivity index (χ3v) is 1.41. The molecule has 0 radical (unpaired) electrons. The average molecular weight is 207 g/mol. The molecule has 14 heavy (non-hydrogen) atoms. The lowest BCUT2D eigenvalue weighted by Gasteiger charge is -2.02. The zero-order valence-corrected chi connectivity index (χ0v) is 6.58. The molecule has 0 aliphatic carbocycles. The van der Waals surface area contributed by atoms with Crippen molar-refractivity contribution in [3.8, 4) is 0 Å². The summed E-state index contributed by atoms with van der Waals surface area (Å²) < 4.78 is 37.0. The van der Waals surface area contributed by atoms with Gasteiger partial charge in [0.05, 0.1) is 11.0 Å². The molecule has 0 bridgehead atoms. The summed E-state index contributed by atoms with van der Waals surface area (Å²) in [4.78, 5) is 12.0. The Morgan fingerprint density at radius 1 is 1.57 bits per heavy atom. The molecule has 0 spiro atoms. The van der Waals surface area contributed by atoms with E-state index in [1.165, 1.54) is 0 Å². The lowest BCUT2D eigenvalue weighted by molar-refractivity contribution is -0.386. The zero-order valence-electron chi connectivity index (χ0n) is 6.58. The summed E-state index contributed by atoms with van der Waals surface area (Å²) in [6, 6.07) is 0.323. The van der Waals surface area contributed by atoms with Crippen molar-refractivity contribution in [2.24, 2.45) is 0 Å². The number of halogens is 3. The van der Waals surface area contributed by atoms with E-state index in [0.29, 0.717) is 6.07 Å². The SMILES string of the molecule is Nc1nc(C(F)F)c([N+](=O)[O-])cc1F. The molecule has 1 rings (SSSR count). The van der Waals surface area contributed by atoms with Crippen LogP contribution in [0.5, 0.6) is 0 Å². The van der Waals surface area contributed by atoms with Crippen molar-refractivity contribution in [1.82, 2.24) is 4.98 Å². The number of rotatable bonds is 2. The van der Waals surface area contributed by atoms with Crippen LogP contribution < -0.4 is 5.73 Å². The van der Waals surface area contributed by atoms with Gasteiger partial charge in [-0.25, -0.2) is 18.2 Å². The maximum absolute atomic E-state index is 12.6. The highest BCUT2D eigenvalue weighted by Crippen LogP contribution is 2.28. The smallest absolute Gasteiger partial charge is 0.299 e. The average Bonchev–Trinajstić information content (AvgIpc) is 2.08. The molecular formula is C6H4F3N3O2. The normalized spacial score (nSPS) is 10.6. The Balaban J connectivity index is 3.39. The minimum absolute atomic E-state index is 0.323. The Kier molecular flexibility index (Phi) is 2.54. The minimum Gasteiger partial charge on any atom is -0.381 e. The Morgan fingerprint density at radius 3 is 2.57 bits per heavy atom. The fourth-order valence-electron chi connectivity index (χ4n) is 0.815. The van der Waals surface area contributed by atoms with Crippen molar-refractivity contribution in [2.75, 3.05) is 5.73 Å². The second-order valence-corrected chi connectivity index (χ2v) is 2.32. The molecule has 5 nitrogen and oxygen atoms in total. The number of alkyl halides is 2. The van der Waals surface area contributed by atoms with Gasteiger partial charge in [0.25, 0.3) is 12.1 Å². The second kappa shape index (κ2) is 3.48. The first-order valence-corrected chi connectivity index (χ1v) is 3.32. The number of hydrogen-bond acceptors (Lipinski definition) is 4. The van der Waals surface area contributed by atoms with Gasteiger partial charge >= 0.3 is 0 Å². The van der Waals surface area contributed by atoms with Crippen LogP contribution in [0.3, 0.4) is 0 Å². The van der Waals surface area contributed by atoms with Crippen molar-refractivity contribution in [3.05, 3.63) is 27.7 Å². The zero-order chi connectivity index (χ0) is 10.9. The number of anilines is 1. The summed E-state index contributed by atoms with van der Waals surface area (Å²) in [5, 5.41) is 10.2. The molecule has 0 aliphatic heterocycles. The van der Waals surface area contributed by atoms with E-state index in [-0.39, 0.29) is 0 Å². The number of pyridine rings is 1. The Labute approximate surface area is 75.5 Å². The number of hydrogen-bond donors (Lipinski definition) is 1. The van der Waals surface area contributed by atoms with Crippen LogP contribution in [0.4, 0.5) is 24.7 Å². The lowest BCUT2D eigenvalue weighted by atomic mass is 10.3. The number of aromatic nitrogens is 1. The van der Waals surface area contributed by atoms with Gasteiger partial charge in [-0.15, -0.1) is 0 Å². The van der Waals surface area contributed by atoms with E-state index in [2.05, 4.69) is 4.98 Å². The van der Waals surface area contributed by atoms with Gasteiger partial charge in [-0.3, -0.25) is 10.1 Å². The summed E-state index contributed by atoms with van der Waals surface area (Å²) in [7, 11) is 0. The van der Waals surface area contributed by atoms with Gasteiger partial charge in [0, 0.05) is 0 Å². The molecule has 0 fully saturated rings. The molecule has 0 saturated heterocycles. The van der Waals surface area contributed by atoms with Crippen molar-refractivity contribution in [3.63, 3.8) is 0 Å². The van der Waals surface area contributed by atoms with E-state index >= 15 is 0 Å². The van der Waals surface area contributed by atoms with E-state index in [0.717, 1.165) is 0 Å². The maximum atomic E-state index is 12.6. The Bertz CT molecular complexity index is 383. The first kappa shape index (κ1) is 10.2. The van der Waals surface area contributed by atoms with Crippen molar-refractivity contribution in [2.45, 2.75) is 6.43 Å². The van der Waals surface area contributed by atoms with E-state index in [4.69, 9.17) is 5.73 Å². The number of nitrogens with zero attached hydrogens (tertiary/aromatic N) is 2. The van der Waals surface area contributed by atoms with Gasteiger partial charge < -0.3 is 5.73 Å². The predicted octanol–water partition coefficient (Wildman–Crippen LogP) is 1.65. The summed E-state index contributed by atoms with van der Waals surface area (Å²) >= 11 is 0. The minimum atomic E-state index is -3.17. The molecule has 8 heteroatoms. The Morgan fingerprint density at radius 2 is 2.14 bits per heavy atom. The molecule has 2 N–H and O–H groups in total. The largest absolute Gasteiger partial charge is 0.381 e. The summed E-state index contributed by atoms with van der Waals surface area (Å²) in [6.45, 7) is 0. The molecule has 1 aromatic rings. The van der Waals surface area contributed by atoms with Crippen LogP contribution in [0.1, 0.15) is 12.1 Å². The standard InChI is InChI=1S/C6H4F3N3O2/c7-2-1-3(12(13)14)4(5(8)9)11-6(2)10/h1,5H,(H2,10,11). The van der Waals surface area contributed by atoms with Gasteiger partial charge in [-0.2, -0.15) is 0 Å². The summed E-state index contributed by atoms with van der Waals surface area (Å²) in [6.07, 6.45) is -3.17. The van der Waals surface area contributed by atoms with Crippen LogP contribution in [-0.2, 0) is 0 Å². The van der Waals surface area contributed by atoms with Gasteiger partial charge in [-0.05, 0) is 0 Å². The number of nitrogen functional groups attached to an aromatic ring is 1. The maximum Gasteiger partial charge on any atom is 0.299 e. The summed E-state index contributed by atoms with van der Waals surface area (Å²) in [5.41, 5.74) is 2.68. The first-order chi connectivity index (χ1) is 6.43. The molecular weight excluding hydrogens is 203 g/mol. The molecule has 0 amide bonds. The third-order valence-electron chi connectivity index (χ3n) is 1.41. The predicted molar refractivity (Wildman–Crippen MR) is 40.2 cm³/mol. The highest BCUT2D eigenvalue weighted by Gasteiger charge is 2.25. The van der Waals surface area contributed by atoms with Gasteiger partial charge in [0.2, 0.25) is 0 Å². The number of nitrogens with two attached hydrogens (primary N) is 1.